The van der Waals surface area contributed by atoms with Gasteiger partial charge < -0.3 is 14.2 Å². The topological polar surface area (TPSA) is 89.2 Å². The van der Waals surface area contributed by atoms with Crippen LogP contribution in [0.4, 0.5) is 0 Å². The summed E-state index contributed by atoms with van der Waals surface area (Å²) in [7, 11) is -1.81. The lowest BCUT2D eigenvalue weighted by Gasteiger charge is -2.12. The summed E-state index contributed by atoms with van der Waals surface area (Å²) >= 11 is 0. The molecule has 1 aromatic carbocycles. The summed E-state index contributed by atoms with van der Waals surface area (Å²) in [5, 5.41) is 11.3. The molecule has 2 heterocycles. The molecule has 25 heavy (non-hydrogen) atoms. The number of sulfonamides is 1. The summed E-state index contributed by atoms with van der Waals surface area (Å²) in [6.07, 6.45) is 3.97. The number of imidazole rings is 1. The Bertz CT molecular complexity index is 988. The third-order valence-corrected chi connectivity index (χ3v) is 5.52. The van der Waals surface area contributed by atoms with E-state index in [4.69, 9.17) is 0 Å². The summed E-state index contributed by atoms with van der Waals surface area (Å²) < 4.78 is 30.8. The molecule has 1 atom stereocenters. The van der Waals surface area contributed by atoms with E-state index in [0.717, 1.165) is 10.9 Å². The lowest BCUT2D eigenvalue weighted by atomic mass is 10.1. The molecule has 2 aromatic heterocycles. The van der Waals surface area contributed by atoms with Crippen LogP contribution in [-0.2, 0) is 17.1 Å². The number of aromatic nitrogens is 3. The molecule has 1 unspecified atom stereocenters. The van der Waals surface area contributed by atoms with Gasteiger partial charge in [-0.25, -0.2) is 18.1 Å². The Morgan fingerprint density at radius 1 is 1.28 bits per heavy atom. The van der Waals surface area contributed by atoms with E-state index in [1.807, 2.05) is 49.9 Å². The van der Waals surface area contributed by atoms with Crippen LogP contribution in [0.15, 0.2) is 48.0 Å². The van der Waals surface area contributed by atoms with Crippen molar-refractivity contribution in [1.82, 2.24) is 18.8 Å². The summed E-state index contributed by atoms with van der Waals surface area (Å²) in [6, 6.07) is 7.65. The zero-order valence-electron chi connectivity index (χ0n) is 14.4. The van der Waals surface area contributed by atoms with Gasteiger partial charge >= 0.3 is 0 Å². The number of hydrogen-bond acceptors (Lipinski definition) is 4. The van der Waals surface area contributed by atoms with Gasteiger partial charge in [0.25, 0.3) is 10.0 Å². The zero-order chi connectivity index (χ0) is 18.2. The average molecular weight is 362 g/mol. The molecular weight excluding hydrogens is 340 g/mol. The number of aryl methyl sites for hydroxylation is 1. The second-order valence-electron chi connectivity index (χ2n) is 6.37. The van der Waals surface area contributed by atoms with Crippen LogP contribution >= 0.6 is 0 Å². The highest BCUT2D eigenvalue weighted by Gasteiger charge is 2.20. The molecule has 0 radical (unpaired) electrons. The van der Waals surface area contributed by atoms with Gasteiger partial charge in [0.1, 0.15) is 0 Å². The molecule has 0 aliphatic carbocycles. The van der Waals surface area contributed by atoms with Crippen LogP contribution in [0.3, 0.4) is 0 Å². The van der Waals surface area contributed by atoms with Crippen LogP contribution in [-0.4, -0.2) is 34.2 Å². The molecule has 0 aliphatic heterocycles. The van der Waals surface area contributed by atoms with Crippen LogP contribution in [0.1, 0.15) is 31.6 Å². The van der Waals surface area contributed by atoms with Crippen LogP contribution in [0.2, 0.25) is 0 Å². The largest absolute Gasteiger partial charge is 0.387 e. The van der Waals surface area contributed by atoms with Crippen molar-refractivity contribution >= 4 is 20.9 Å². The van der Waals surface area contributed by atoms with Gasteiger partial charge in [0.15, 0.2) is 5.03 Å². The second-order valence-corrected chi connectivity index (χ2v) is 8.08. The normalized spacial score (nSPS) is 13.6. The maximum atomic E-state index is 12.3. The molecule has 0 aliphatic rings. The summed E-state index contributed by atoms with van der Waals surface area (Å²) in [4.78, 5) is 3.93. The fraction of sp³-hybridized carbons (Fsp3) is 0.353. The van der Waals surface area contributed by atoms with E-state index in [1.165, 1.54) is 12.5 Å². The molecule has 2 N–H and O–H groups in total. The molecule has 0 fully saturated rings. The van der Waals surface area contributed by atoms with Crippen molar-refractivity contribution in [2.45, 2.75) is 31.0 Å². The number of nitrogens with zero attached hydrogens (tertiary/aromatic N) is 3. The highest BCUT2D eigenvalue weighted by molar-refractivity contribution is 7.89. The van der Waals surface area contributed by atoms with Crippen LogP contribution in [0, 0.1) is 0 Å². The van der Waals surface area contributed by atoms with Crippen molar-refractivity contribution in [3.05, 3.63) is 48.5 Å². The fourth-order valence-electron chi connectivity index (χ4n) is 2.63. The van der Waals surface area contributed by atoms with Crippen molar-refractivity contribution in [2.24, 2.45) is 7.05 Å². The van der Waals surface area contributed by atoms with E-state index in [9.17, 15) is 13.5 Å². The van der Waals surface area contributed by atoms with Crippen molar-refractivity contribution < 1.29 is 13.5 Å². The molecular formula is C17H22N4O3S. The Labute approximate surface area is 147 Å². The van der Waals surface area contributed by atoms with Gasteiger partial charge in [-0.2, -0.15) is 0 Å². The van der Waals surface area contributed by atoms with Crippen molar-refractivity contribution in [3.8, 4) is 0 Å². The monoisotopic (exact) mass is 362 g/mol. The standard InChI is InChI=1S/C17H22N4O3S/c1-12(2)21-10-17(18-11-21)25(23,24)19-9-16(22)14-4-5-15-13(8-14)6-7-20(15)3/h4-8,10-12,16,19,22H,9H2,1-3H3. The summed E-state index contributed by atoms with van der Waals surface area (Å²) in [5.74, 6) is 0. The molecule has 3 aromatic rings. The molecule has 134 valence electrons. The van der Waals surface area contributed by atoms with Crippen LogP contribution in [0.25, 0.3) is 10.9 Å². The fourth-order valence-corrected chi connectivity index (χ4v) is 3.60. The third kappa shape index (κ3) is 3.60. The minimum atomic E-state index is -3.76. The van der Waals surface area contributed by atoms with Crippen LogP contribution in [0.5, 0.6) is 0 Å². The first-order valence-corrected chi connectivity index (χ1v) is 9.52. The Kier molecular flexibility index (Phi) is 4.68. The number of fused-ring (bicyclic) bond motifs is 1. The molecule has 8 heteroatoms. The van der Waals surface area contributed by atoms with Gasteiger partial charge in [-0.1, -0.05) is 6.07 Å². The lowest BCUT2D eigenvalue weighted by Crippen LogP contribution is -2.28. The summed E-state index contributed by atoms with van der Waals surface area (Å²) in [5.41, 5.74) is 1.71. The average Bonchev–Trinajstić information content (AvgIpc) is 3.20. The van der Waals surface area contributed by atoms with E-state index in [2.05, 4.69) is 9.71 Å². The highest BCUT2D eigenvalue weighted by atomic mass is 32.2. The molecule has 0 bridgehead atoms. The van der Waals surface area contributed by atoms with Crippen molar-refractivity contribution in [1.29, 1.82) is 0 Å². The second kappa shape index (κ2) is 6.62. The molecule has 7 nitrogen and oxygen atoms in total. The molecule has 0 amide bonds. The van der Waals surface area contributed by atoms with Gasteiger partial charge in [-0.3, -0.25) is 0 Å². The number of rotatable bonds is 6. The molecule has 0 saturated heterocycles. The van der Waals surface area contributed by atoms with E-state index in [0.29, 0.717) is 5.56 Å². The number of nitrogens with one attached hydrogen (secondary N) is 1. The van der Waals surface area contributed by atoms with Crippen LogP contribution < -0.4 is 4.72 Å². The Hall–Kier alpha value is -2.16. The zero-order valence-corrected chi connectivity index (χ0v) is 15.2. The Morgan fingerprint density at radius 2 is 2.04 bits per heavy atom. The maximum absolute atomic E-state index is 12.3. The summed E-state index contributed by atoms with van der Waals surface area (Å²) in [6.45, 7) is 3.76. The number of aliphatic hydroxyl groups is 1. The van der Waals surface area contributed by atoms with Gasteiger partial charge in [-0.05, 0) is 43.0 Å². The first kappa shape index (κ1) is 17.7. The van der Waals surface area contributed by atoms with Crippen molar-refractivity contribution in [2.75, 3.05) is 6.54 Å². The highest BCUT2D eigenvalue weighted by Crippen LogP contribution is 2.21. The number of benzene rings is 1. The Balaban J connectivity index is 1.72. The van der Waals surface area contributed by atoms with Gasteiger partial charge in [0, 0.05) is 37.5 Å². The van der Waals surface area contributed by atoms with E-state index in [1.54, 1.807) is 10.6 Å². The van der Waals surface area contributed by atoms with Gasteiger partial charge in [0.2, 0.25) is 0 Å². The minimum absolute atomic E-state index is 0.0492. The predicted molar refractivity (Wildman–Crippen MR) is 95.7 cm³/mol. The van der Waals surface area contributed by atoms with E-state index < -0.39 is 16.1 Å². The maximum Gasteiger partial charge on any atom is 0.259 e. The van der Waals surface area contributed by atoms with Gasteiger partial charge in [0.05, 0.1) is 12.4 Å². The van der Waals surface area contributed by atoms with E-state index in [-0.39, 0.29) is 17.6 Å². The minimum Gasteiger partial charge on any atom is -0.387 e. The molecule has 3 rings (SSSR count). The first-order chi connectivity index (χ1) is 11.8. The third-order valence-electron chi connectivity index (χ3n) is 4.21. The molecule has 0 saturated carbocycles. The first-order valence-electron chi connectivity index (χ1n) is 8.04. The number of hydrogen-bond donors (Lipinski definition) is 2. The Morgan fingerprint density at radius 3 is 2.72 bits per heavy atom. The van der Waals surface area contributed by atoms with E-state index >= 15 is 0 Å². The van der Waals surface area contributed by atoms with Crippen molar-refractivity contribution in [3.63, 3.8) is 0 Å². The number of aliphatic hydroxyl groups excluding tert-OH is 1. The quantitative estimate of drug-likeness (QED) is 0.702. The van der Waals surface area contributed by atoms with Gasteiger partial charge in [-0.15, -0.1) is 0 Å². The molecule has 0 spiro atoms. The smallest absolute Gasteiger partial charge is 0.259 e. The SMILES string of the molecule is CC(C)n1cnc(S(=O)(=O)NCC(O)c2ccc3c(ccn3C)c2)c1. The lowest BCUT2D eigenvalue weighted by molar-refractivity contribution is 0.182. The predicted octanol–water partition coefficient (Wildman–Crippen LogP) is 1.97.